The van der Waals surface area contributed by atoms with Crippen molar-refractivity contribution in [3.63, 3.8) is 0 Å². The zero-order valence-corrected chi connectivity index (χ0v) is 9.91. The molecule has 84 valence electrons. The lowest BCUT2D eigenvalue weighted by atomic mass is 10.2. The Morgan fingerprint density at radius 1 is 1.40 bits per heavy atom. The molecule has 0 aliphatic carbocycles. The Labute approximate surface area is 94.0 Å². The summed E-state index contributed by atoms with van der Waals surface area (Å²) in [6.07, 6.45) is 0.403. The molecule has 1 aromatic carbocycles. The summed E-state index contributed by atoms with van der Waals surface area (Å²) in [6, 6.07) is 3.80. The molecule has 0 heterocycles. The molecule has 0 aliphatic rings. The zero-order chi connectivity index (χ0) is 11.5. The molecule has 0 radical (unpaired) electrons. The second-order valence-corrected chi connectivity index (χ2v) is 5.76. The van der Waals surface area contributed by atoms with Gasteiger partial charge in [-0.3, -0.25) is 0 Å². The third kappa shape index (κ3) is 3.18. The van der Waals surface area contributed by atoms with E-state index in [1.807, 2.05) is 0 Å². The van der Waals surface area contributed by atoms with Crippen LogP contribution in [0, 0.1) is 12.7 Å². The highest BCUT2D eigenvalue weighted by atomic mass is 35.5. The first-order valence-corrected chi connectivity index (χ1v) is 6.71. The summed E-state index contributed by atoms with van der Waals surface area (Å²) in [5.74, 6) is -0.0904. The molecular weight excluding hydrogens is 239 g/mol. The Bertz CT molecular complexity index is 443. The van der Waals surface area contributed by atoms with Gasteiger partial charge in [-0.05, 0) is 37.1 Å². The minimum absolute atomic E-state index is 0.00156. The number of hydrogen-bond donors (Lipinski definition) is 0. The molecule has 0 spiro atoms. The van der Waals surface area contributed by atoms with E-state index in [2.05, 4.69) is 0 Å². The molecule has 0 bridgehead atoms. The Balaban J connectivity index is 3.00. The largest absolute Gasteiger partial charge is 0.224 e. The standard InChI is InChI=1S/C10H12ClFO2S/c1-8-7-9(3-4-10(8)12)15(13,14)6-2-5-11/h3-4,7H,2,5-6H2,1H3. The Morgan fingerprint density at radius 2 is 2.07 bits per heavy atom. The Hall–Kier alpha value is -0.610. The molecular formula is C10H12ClFO2S. The topological polar surface area (TPSA) is 34.1 Å². The van der Waals surface area contributed by atoms with Crippen LogP contribution in [0.3, 0.4) is 0 Å². The number of aryl methyl sites for hydroxylation is 1. The summed E-state index contributed by atoms with van der Waals surface area (Å²) >= 11 is 5.43. The third-order valence-corrected chi connectivity index (χ3v) is 4.10. The van der Waals surface area contributed by atoms with Gasteiger partial charge in [-0.15, -0.1) is 11.6 Å². The van der Waals surface area contributed by atoms with Crippen LogP contribution in [0.15, 0.2) is 23.1 Å². The van der Waals surface area contributed by atoms with Gasteiger partial charge in [0.1, 0.15) is 5.82 Å². The number of sulfone groups is 1. The van der Waals surface area contributed by atoms with Crippen molar-refractivity contribution in [2.24, 2.45) is 0 Å². The second-order valence-electron chi connectivity index (χ2n) is 3.27. The van der Waals surface area contributed by atoms with Gasteiger partial charge in [-0.1, -0.05) is 0 Å². The first kappa shape index (κ1) is 12.5. The smallest absolute Gasteiger partial charge is 0.178 e. The average Bonchev–Trinajstić information content (AvgIpc) is 2.19. The summed E-state index contributed by atoms with van der Waals surface area (Å²) in [6.45, 7) is 1.54. The minimum Gasteiger partial charge on any atom is -0.224 e. The molecule has 1 rings (SSSR count). The first-order valence-electron chi connectivity index (χ1n) is 4.52. The van der Waals surface area contributed by atoms with E-state index >= 15 is 0 Å². The highest BCUT2D eigenvalue weighted by molar-refractivity contribution is 7.91. The van der Waals surface area contributed by atoms with E-state index in [9.17, 15) is 12.8 Å². The third-order valence-electron chi connectivity index (χ3n) is 2.04. The predicted molar refractivity (Wildman–Crippen MR) is 58.5 cm³/mol. The molecule has 1 aromatic rings. The fourth-order valence-corrected chi connectivity index (χ4v) is 2.86. The SMILES string of the molecule is Cc1cc(S(=O)(=O)CCCCl)ccc1F. The van der Waals surface area contributed by atoms with E-state index in [4.69, 9.17) is 11.6 Å². The van der Waals surface area contributed by atoms with Crippen LogP contribution in [0.25, 0.3) is 0 Å². The van der Waals surface area contributed by atoms with Crippen LogP contribution < -0.4 is 0 Å². The van der Waals surface area contributed by atoms with E-state index < -0.39 is 15.7 Å². The summed E-state index contributed by atoms with van der Waals surface area (Å²) in [7, 11) is -3.31. The van der Waals surface area contributed by atoms with Crippen LogP contribution in [0.2, 0.25) is 0 Å². The van der Waals surface area contributed by atoms with Crippen LogP contribution in [0.1, 0.15) is 12.0 Å². The molecule has 0 amide bonds. The molecule has 0 saturated heterocycles. The summed E-state index contributed by atoms with van der Waals surface area (Å²) in [5, 5.41) is 0. The lowest BCUT2D eigenvalue weighted by Gasteiger charge is -2.04. The minimum atomic E-state index is -3.31. The maximum Gasteiger partial charge on any atom is 0.178 e. The molecule has 0 unspecified atom stereocenters. The van der Waals surface area contributed by atoms with Gasteiger partial charge in [-0.25, -0.2) is 12.8 Å². The number of benzene rings is 1. The molecule has 0 N–H and O–H groups in total. The highest BCUT2D eigenvalue weighted by Gasteiger charge is 2.14. The van der Waals surface area contributed by atoms with Crippen molar-refractivity contribution in [3.8, 4) is 0 Å². The van der Waals surface area contributed by atoms with Crippen molar-refractivity contribution in [1.82, 2.24) is 0 Å². The van der Waals surface area contributed by atoms with Crippen molar-refractivity contribution in [2.45, 2.75) is 18.2 Å². The van der Waals surface area contributed by atoms with Gasteiger partial charge in [0.15, 0.2) is 9.84 Å². The van der Waals surface area contributed by atoms with E-state index in [1.165, 1.54) is 25.1 Å². The van der Waals surface area contributed by atoms with Crippen LogP contribution in [0.5, 0.6) is 0 Å². The maximum absolute atomic E-state index is 12.9. The molecule has 5 heteroatoms. The fourth-order valence-electron chi connectivity index (χ4n) is 1.17. The Kier molecular flexibility index (Phi) is 4.11. The Morgan fingerprint density at radius 3 is 2.60 bits per heavy atom. The number of halogens is 2. The highest BCUT2D eigenvalue weighted by Crippen LogP contribution is 2.16. The van der Waals surface area contributed by atoms with Crippen molar-refractivity contribution in [3.05, 3.63) is 29.6 Å². The number of rotatable bonds is 4. The number of hydrogen-bond acceptors (Lipinski definition) is 2. The van der Waals surface area contributed by atoms with Gasteiger partial charge < -0.3 is 0 Å². The molecule has 0 fully saturated rings. The van der Waals surface area contributed by atoms with Gasteiger partial charge in [0.25, 0.3) is 0 Å². The van der Waals surface area contributed by atoms with Crippen LogP contribution in [0.4, 0.5) is 4.39 Å². The predicted octanol–water partition coefficient (Wildman–Crippen LogP) is 2.54. The summed E-state index contributed by atoms with van der Waals surface area (Å²) < 4.78 is 36.3. The molecule has 0 atom stereocenters. The van der Waals surface area contributed by atoms with Gasteiger partial charge in [-0.2, -0.15) is 0 Å². The van der Waals surface area contributed by atoms with E-state index in [0.717, 1.165) is 0 Å². The van der Waals surface area contributed by atoms with E-state index in [0.29, 0.717) is 17.9 Å². The average molecular weight is 251 g/mol. The zero-order valence-electron chi connectivity index (χ0n) is 8.33. The van der Waals surface area contributed by atoms with Gasteiger partial charge in [0.2, 0.25) is 0 Å². The van der Waals surface area contributed by atoms with Crippen molar-refractivity contribution < 1.29 is 12.8 Å². The van der Waals surface area contributed by atoms with Crippen molar-refractivity contribution in [1.29, 1.82) is 0 Å². The molecule has 0 aliphatic heterocycles. The first-order chi connectivity index (χ1) is 6.97. The number of alkyl halides is 1. The van der Waals surface area contributed by atoms with Crippen molar-refractivity contribution >= 4 is 21.4 Å². The molecule has 0 saturated carbocycles. The summed E-state index contributed by atoms with van der Waals surface area (Å²) in [5.41, 5.74) is 0.335. The van der Waals surface area contributed by atoms with Crippen molar-refractivity contribution in [2.75, 3.05) is 11.6 Å². The maximum atomic E-state index is 12.9. The van der Waals surface area contributed by atoms with Crippen LogP contribution >= 0.6 is 11.6 Å². The van der Waals surface area contributed by atoms with Crippen LogP contribution in [-0.4, -0.2) is 20.1 Å². The second kappa shape index (κ2) is 4.94. The normalized spacial score (nSPS) is 11.7. The summed E-state index contributed by atoms with van der Waals surface area (Å²) in [4.78, 5) is 0.159. The fraction of sp³-hybridized carbons (Fsp3) is 0.400. The van der Waals surface area contributed by atoms with Crippen LogP contribution in [-0.2, 0) is 9.84 Å². The molecule has 2 nitrogen and oxygen atoms in total. The quantitative estimate of drug-likeness (QED) is 0.608. The van der Waals surface area contributed by atoms with Gasteiger partial charge in [0, 0.05) is 5.88 Å². The lowest BCUT2D eigenvalue weighted by molar-refractivity contribution is 0.592. The molecule has 0 aromatic heterocycles. The molecule has 15 heavy (non-hydrogen) atoms. The monoisotopic (exact) mass is 250 g/mol. The van der Waals surface area contributed by atoms with E-state index in [-0.39, 0.29) is 10.6 Å². The lowest BCUT2D eigenvalue weighted by Crippen LogP contribution is -2.07. The van der Waals surface area contributed by atoms with Gasteiger partial charge >= 0.3 is 0 Å². The van der Waals surface area contributed by atoms with Gasteiger partial charge in [0.05, 0.1) is 10.6 Å². The van der Waals surface area contributed by atoms with E-state index in [1.54, 1.807) is 0 Å².